The van der Waals surface area contributed by atoms with Gasteiger partial charge in [0.1, 0.15) is 5.82 Å². The van der Waals surface area contributed by atoms with Gasteiger partial charge in [0, 0.05) is 12.2 Å². The van der Waals surface area contributed by atoms with Gasteiger partial charge in [-0.25, -0.2) is 4.39 Å². The molecule has 0 aliphatic rings. The lowest BCUT2D eigenvalue weighted by Gasteiger charge is -2.14. The molecular weight excluding hydrogens is 269 g/mol. The highest BCUT2D eigenvalue weighted by atomic mass is 79.9. The molecule has 0 aliphatic heterocycles. The zero-order valence-electron chi connectivity index (χ0n) is 10.1. The molecule has 90 valence electrons. The third-order valence-electron chi connectivity index (χ3n) is 2.69. The summed E-state index contributed by atoms with van der Waals surface area (Å²) in [5.74, 6) is 0.442. The van der Waals surface area contributed by atoms with E-state index in [0.717, 1.165) is 17.8 Å². The summed E-state index contributed by atoms with van der Waals surface area (Å²) in [4.78, 5) is 0. The fourth-order valence-corrected chi connectivity index (χ4v) is 2.06. The Balaban J connectivity index is 2.63. The van der Waals surface area contributed by atoms with E-state index in [1.54, 1.807) is 6.07 Å². The van der Waals surface area contributed by atoms with Crippen molar-refractivity contribution in [1.82, 2.24) is 0 Å². The van der Waals surface area contributed by atoms with E-state index in [-0.39, 0.29) is 5.82 Å². The standard InChI is InChI=1S/C13H19BrFN/c1-4-5-9(2)8-16-13-7-11(14)12(15)6-10(13)3/h6-7,9,16H,4-5,8H2,1-3H3. The Bertz CT molecular complexity index is 352. The maximum atomic E-state index is 13.2. The first-order valence-corrected chi connectivity index (χ1v) is 6.53. The molecule has 1 aromatic carbocycles. The normalized spacial score (nSPS) is 12.6. The minimum absolute atomic E-state index is 0.204. The van der Waals surface area contributed by atoms with Crippen molar-refractivity contribution in [2.75, 3.05) is 11.9 Å². The van der Waals surface area contributed by atoms with Gasteiger partial charge in [-0.05, 0) is 52.9 Å². The lowest BCUT2D eigenvalue weighted by molar-refractivity contribution is 0.550. The molecular formula is C13H19BrFN. The zero-order valence-corrected chi connectivity index (χ0v) is 11.7. The number of rotatable bonds is 5. The van der Waals surface area contributed by atoms with Gasteiger partial charge in [0.05, 0.1) is 4.47 Å². The van der Waals surface area contributed by atoms with Gasteiger partial charge >= 0.3 is 0 Å². The molecule has 1 rings (SSSR count). The average molecular weight is 288 g/mol. The first-order valence-electron chi connectivity index (χ1n) is 5.74. The number of benzene rings is 1. The molecule has 3 heteroatoms. The van der Waals surface area contributed by atoms with E-state index < -0.39 is 0 Å². The molecule has 0 saturated carbocycles. The predicted molar refractivity (Wildman–Crippen MR) is 71.4 cm³/mol. The Hall–Kier alpha value is -0.570. The van der Waals surface area contributed by atoms with Crippen LogP contribution < -0.4 is 5.32 Å². The van der Waals surface area contributed by atoms with Crippen LogP contribution in [-0.4, -0.2) is 6.54 Å². The van der Waals surface area contributed by atoms with Crippen LogP contribution in [0.4, 0.5) is 10.1 Å². The molecule has 1 N–H and O–H groups in total. The molecule has 0 aliphatic carbocycles. The molecule has 16 heavy (non-hydrogen) atoms. The molecule has 0 heterocycles. The third kappa shape index (κ3) is 3.78. The fraction of sp³-hybridized carbons (Fsp3) is 0.538. The second-order valence-corrected chi connectivity index (χ2v) is 5.21. The lowest BCUT2D eigenvalue weighted by Crippen LogP contribution is -2.11. The number of hydrogen-bond donors (Lipinski definition) is 1. The molecule has 1 aromatic rings. The average Bonchev–Trinajstić information content (AvgIpc) is 2.22. The van der Waals surface area contributed by atoms with Crippen LogP contribution in [0.2, 0.25) is 0 Å². The van der Waals surface area contributed by atoms with Crippen molar-refractivity contribution in [3.63, 3.8) is 0 Å². The van der Waals surface area contributed by atoms with E-state index in [9.17, 15) is 4.39 Å². The van der Waals surface area contributed by atoms with E-state index in [1.165, 1.54) is 12.8 Å². The summed E-state index contributed by atoms with van der Waals surface area (Å²) in [5.41, 5.74) is 1.96. The smallest absolute Gasteiger partial charge is 0.137 e. The number of hydrogen-bond acceptors (Lipinski definition) is 1. The predicted octanol–water partition coefficient (Wildman–Crippen LogP) is 4.74. The first-order chi connectivity index (χ1) is 7.54. The van der Waals surface area contributed by atoms with Gasteiger partial charge in [0.15, 0.2) is 0 Å². The zero-order chi connectivity index (χ0) is 12.1. The second kappa shape index (κ2) is 6.24. The lowest BCUT2D eigenvalue weighted by atomic mass is 10.1. The van der Waals surface area contributed by atoms with Crippen LogP contribution in [0.1, 0.15) is 32.3 Å². The molecule has 0 amide bonds. The van der Waals surface area contributed by atoms with E-state index in [1.807, 2.05) is 13.0 Å². The van der Waals surface area contributed by atoms with E-state index >= 15 is 0 Å². The summed E-state index contributed by atoms with van der Waals surface area (Å²) < 4.78 is 13.7. The summed E-state index contributed by atoms with van der Waals surface area (Å²) in [6.45, 7) is 7.27. The van der Waals surface area contributed by atoms with Crippen molar-refractivity contribution in [3.05, 3.63) is 28.0 Å². The number of anilines is 1. The van der Waals surface area contributed by atoms with Crippen LogP contribution in [0.15, 0.2) is 16.6 Å². The molecule has 1 nitrogen and oxygen atoms in total. The van der Waals surface area contributed by atoms with Crippen molar-refractivity contribution in [1.29, 1.82) is 0 Å². The maximum absolute atomic E-state index is 13.2. The summed E-state index contributed by atoms with van der Waals surface area (Å²) in [5, 5.41) is 3.37. The van der Waals surface area contributed by atoms with Crippen molar-refractivity contribution in [3.8, 4) is 0 Å². The van der Waals surface area contributed by atoms with Crippen LogP contribution in [0, 0.1) is 18.7 Å². The molecule has 0 aromatic heterocycles. The Labute approximate surface area is 106 Å². The number of halogens is 2. The van der Waals surface area contributed by atoms with Crippen molar-refractivity contribution >= 4 is 21.6 Å². The maximum Gasteiger partial charge on any atom is 0.137 e. The summed E-state index contributed by atoms with van der Waals surface area (Å²) in [6, 6.07) is 3.36. The summed E-state index contributed by atoms with van der Waals surface area (Å²) in [7, 11) is 0. The quantitative estimate of drug-likeness (QED) is 0.824. The van der Waals surface area contributed by atoms with Gasteiger partial charge in [-0.15, -0.1) is 0 Å². The fourth-order valence-electron chi connectivity index (χ4n) is 1.72. The van der Waals surface area contributed by atoms with Gasteiger partial charge in [0.2, 0.25) is 0 Å². The molecule has 0 saturated heterocycles. The minimum Gasteiger partial charge on any atom is -0.385 e. The Morgan fingerprint density at radius 3 is 2.75 bits per heavy atom. The van der Waals surface area contributed by atoms with Crippen LogP contribution in [-0.2, 0) is 0 Å². The van der Waals surface area contributed by atoms with E-state index in [0.29, 0.717) is 10.4 Å². The molecule has 1 atom stereocenters. The Morgan fingerprint density at radius 1 is 1.44 bits per heavy atom. The Morgan fingerprint density at radius 2 is 2.12 bits per heavy atom. The topological polar surface area (TPSA) is 12.0 Å². The minimum atomic E-state index is -0.204. The highest BCUT2D eigenvalue weighted by Gasteiger charge is 2.06. The van der Waals surface area contributed by atoms with Gasteiger partial charge in [-0.2, -0.15) is 0 Å². The van der Waals surface area contributed by atoms with E-state index in [4.69, 9.17) is 0 Å². The van der Waals surface area contributed by atoms with Crippen molar-refractivity contribution < 1.29 is 4.39 Å². The van der Waals surface area contributed by atoms with E-state index in [2.05, 4.69) is 35.1 Å². The first kappa shape index (κ1) is 13.5. The van der Waals surface area contributed by atoms with Crippen LogP contribution >= 0.6 is 15.9 Å². The molecule has 0 fully saturated rings. The van der Waals surface area contributed by atoms with Crippen LogP contribution in [0.5, 0.6) is 0 Å². The van der Waals surface area contributed by atoms with Crippen LogP contribution in [0.25, 0.3) is 0 Å². The highest BCUT2D eigenvalue weighted by Crippen LogP contribution is 2.24. The Kier molecular flexibility index (Phi) is 5.26. The molecule has 0 spiro atoms. The van der Waals surface area contributed by atoms with Crippen molar-refractivity contribution in [2.45, 2.75) is 33.6 Å². The number of nitrogens with one attached hydrogen (secondary N) is 1. The van der Waals surface area contributed by atoms with Crippen molar-refractivity contribution in [2.24, 2.45) is 5.92 Å². The third-order valence-corrected chi connectivity index (χ3v) is 3.30. The molecule has 0 bridgehead atoms. The highest BCUT2D eigenvalue weighted by molar-refractivity contribution is 9.10. The summed E-state index contributed by atoms with van der Waals surface area (Å²) in [6.07, 6.45) is 2.42. The largest absolute Gasteiger partial charge is 0.385 e. The number of aryl methyl sites for hydroxylation is 1. The van der Waals surface area contributed by atoms with Crippen LogP contribution in [0.3, 0.4) is 0 Å². The monoisotopic (exact) mass is 287 g/mol. The van der Waals surface area contributed by atoms with Gasteiger partial charge < -0.3 is 5.32 Å². The van der Waals surface area contributed by atoms with Gasteiger partial charge in [-0.1, -0.05) is 20.3 Å². The van der Waals surface area contributed by atoms with Gasteiger partial charge in [-0.3, -0.25) is 0 Å². The summed E-state index contributed by atoms with van der Waals surface area (Å²) >= 11 is 3.20. The van der Waals surface area contributed by atoms with Gasteiger partial charge in [0.25, 0.3) is 0 Å². The SMILES string of the molecule is CCCC(C)CNc1cc(Br)c(F)cc1C. The molecule has 1 unspecified atom stereocenters. The second-order valence-electron chi connectivity index (χ2n) is 4.36. The molecule has 0 radical (unpaired) electrons.